The van der Waals surface area contributed by atoms with Gasteiger partial charge in [-0.05, 0) is 72.6 Å². The lowest BCUT2D eigenvalue weighted by atomic mass is 10.1. The summed E-state index contributed by atoms with van der Waals surface area (Å²) in [4.78, 5) is 14.3. The van der Waals surface area contributed by atoms with Crippen LogP contribution in [0.2, 0.25) is 5.02 Å². The van der Waals surface area contributed by atoms with E-state index in [9.17, 15) is 17.6 Å². The smallest absolute Gasteiger partial charge is 0.245 e. The van der Waals surface area contributed by atoms with Crippen LogP contribution in [0.25, 0.3) is 10.8 Å². The number of anilines is 1. The summed E-state index contributed by atoms with van der Waals surface area (Å²) in [5.41, 5.74) is 0.927. The Morgan fingerprint density at radius 2 is 1.85 bits per heavy atom. The van der Waals surface area contributed by atoms with Crippen LogP contribution < -0.4 is 14.9 Å². The van der Waals surface area contributed by atoms with E-state index in [4.69, 9.17) is 11.6 Å². The largest absolute Gasteiger partial charge is 0.310 e. The van der Waals surface area contributed by atoms with Gasteiger partial charge in [0.15, 0.2) is 0 Å². The quantitative estimate of drug-likeness (QED) is 0.516. The summed E-state index contributed by atoms with van der Waals surface area (Å²) in [6.45, 7) is 4.88. The van der Waals surface area contributed by atoms with Crippen molar-refractivity contribution in [1.82, 2.24) is 10.0 Å². The number of halogens is 2. The topological polar surface area (TPSA) is 78.5 Å². The lowest BCUT2D eigenvalue weighted by Crippen LogP contribution is -2.41. The highest BCUT2D eigenvalue weighted by Crippen LogP contribution is 2.28. The van der Waals surface area contributed by atoms with Crippen LogP contribution in [-0.2, 0) is 14.8 Å². The van der Waals surface area contributed by atoms with Crippen LogP contribution in [0.4, 0.5) is 10.1 Å². The summed E-state index contributed by atoms with van der Waals surface area (Å²) in [7, 11) is -3.95. The number of carbonyl (C=O) groups is 1. The van der Waals surface area contributed by atoms with Crippen LogP contribution in [0, 0.1) is 5.82 Å². The predicted octanol–water partition coefficient (Wildman–Crippen LogP) is 4.39. The Kier molecular flexibility index (Phi) is 6.72. The number of nitrogens with one attached hydrogen (secondary N) is 2. The third-order valence-corrected chi connectivity index (χ3v) is 7.56. The average Bonchev–Trinajstić information content (AvgIpc) is 3.12. The highest BCUT2D eigenvalue weighted by atomic mass is 35.5. The summed E-state index contributed by atoms with van der Waals surface area (Å²) >= 11 is 5.99. The van der Waals surface area contributed by atoms with Crippen molar-refractivity contribution in [1.29, 1.82) is 0 Å². The Bertz CT molecular complexity index is 1320. The highest BCUT2D eigenvalue weighted by molar-refractivity contribution is 7.89. The van der Waals surface area contributed by atoms with Crippen molar-refractivity contribution in [3.05, 3.63) is 71.0 Å². The second-order valence-electron chi connectivity index (χ2n) is 8.10. The monoisotopic (exact) mass is 489 g/mol. The number of carbonyl (C=O) groups excluding carboxylic acids is 1. The predicted molar refractivity (Wildman–Crippen MR) is 129 cm³/mol. The van der Waals surface area contributed by atoms with Crippen LogP contribution >= 0.6 is 11.6 Å². The second kappa shape index (κ2) is 9.38. The number of sulfonamides is 1. The van der Waals surface area contributed by atoms with Crippen LogP contribution in [0.3, 0.4) is 0 Å². The van der Waals surface area contributed by atoms with Gasteiger partial charge < -0.3 is 10.2 Å². The molecule has 1 saturated heterocycles. The number of benzene rings is 3. The van der Waals surface area contributed by atoms with Crippen molar-refractivity contribution in [3.63, 3.8) is 0 Å². The van der Waals surface area contributed by atoms with Crippen molar-refractivity contribution in [3.8, 4) is 0 Å². The van der Waals surface area contributed by atoms with E-state index in [2.05, 4.69) is 10.0 Å². The summed E-state index contributed by atoms with van der Waals surface area (Å²) < 4.78 is 43.2. The van der Waals surface area contributed by atoms with Crippen molar-refractivity contribution in [2.75, 3.05) is 18.0 Å². The van der Waals surface area contributed by atoms with Gasteiger partial charge in [0.05, 0.1) is 10.6 Å². The van der Waals surface area contributed by atoms with Gasteiger partial charge in [0.25, 0.3) is 0 Å². The zero-order valence-corrected chi connectivity index (χ0v) is 19.9. The van der Waals surface area contributed by atoms with Crippen LogP contribution in [0.5, 0.6) is 0 Å². The molecule has 1 heterocycles. The van der Waals surface area contributed by atoms with Gasteiger partial charge in [0.2, 0.25) is 15.9 Å². The molecule has 0 aliphatic carbocycles. The first-order chi connectivity index (χ1) is 15.7. The van der Waals surface area contributed by atoms with Gasteiger partial charge >= 0.3 is 0 Å². The Morgan fingerprint density at radius 3 is 2.58 bits per heavy atom. The summed E-state index contributed by atoms with van der Waals surface area (Å²) in [5.74, 6) is -0.986. The molecule has 0 aromatic heterocycles. The molecule has 1 fully saturated rings. The van der Waals surface area contributed by atoms with Crippen LogP contribution in [0.1, 0.15) is 31.9 Å². The molecule has 6 nitrogen and oxygen atoms in total. The highest BCUT2D eigenvalue weighted by Gasteiger charge is 2.36. The minimum atomic E-state index is -3.95. The van der Waals surface area contributed by atoms with Crippen molar-refractivity contribution in [2.24, 2.45) is 0 Å². The van der Waals surface area contributed by atoms with E-state index in [1.807, 2.05) is 13.8 Å². The van der Waals surface area contributed by atoms with Crippen LogP contribution in [-0.4, -0.2) is 33.5 Å². The molecule has 1 aliphatic heterocycles. The molecule has 0 spiro atoms. The number of rotatable bonds is 7. The molecule has 174 valence electrons. The molecule has 2 N–H and O–H groups in total. The fourth-order valence-corrected chi connectivity index (χ4v) is 5.52. The van der Waals surface area contributed by atoms with Crippen molar-refractivity contribution in [2.45, 2.75) is 37.2 Å². The molecule has 2 atom stereocenters. The Hall–Kier alpha value is -2.52. The number of hydrogen-bond donors (Lipinski definition) is 2. The molecular formula is C24H25ClFN3O3S. The molecule has 0 radical (unpaired) electrons. The van der Waals surface area contributed by atoms with E-state index < -0.39 is 27.8 Å². The maximum atomic E-state index is 14.8. The zero-order valence-electron chi connectivity index (χ0n) is 18.3. The molecule has 3 aromatic carbocycles. The lowest BCUT2D eigenvalue weighted by molar-refractivity contribution is -0.118. The summed E-state index contributed by atoms with van der Waals surface area (Å²) in [6, 6.07) is 13.6. The fourth-order valence-electron chi connectivity index (χ4n) is 4.08. The summed E-state index contributed by atoms with van der Waals surface area (Å²) in [6.07, 6.45) is 0.246. The number of amides is 1. The molecule has 1 aliphatic rings. The van der Waals surface area contributed by atoms with Gasteiger partial charge in [-0.3, -0.25) is 4.79 Å². The van der Waals surface area contributed by atoms with E-state index in [0.717, 1.165) is 22.9 Å². The molecule has 9 heteroatoms. The third kappa shape index (κ3) is 4.89. The third-order valence-electron chi connectivity index (χ3n) is 5.86. The number of fused-ring (bicyclic) bond motifs is 1. The first-order valence-electron chi connectivity index (χ1n) is 10.8. The first kappa shape index (κ1) is 23.6. The van der Waals surface area contributed by atoms with Gasteiger partial charge in [0, 0.05) is 17.6 Å². The molecular weight excluding hydrogens is 465 g/mol. The minimum Gasteiger partial charge on any atom is -0.310 e. The van der Waals surface area contributed by atoms with Gasteiger partial charge in [-0.1, -0.05) is 36.7 Å². The molecule has 33 heavy (non-hydrogen) atoms. The van der Waals surface area contributed by atoms with E-state index >= 15 is 0 Å². The average molecular weight is 490 g/mol. The summed E-state index contributed by atoms with van der Waals surface area (Å²) in [5, 5.41) is 5.31. The molecule has 1 unspecified atom stereocenters. The minimum absolute atomic E-state index is 0.0228. The maximum Gasteiger partial charge on any atom is 0.245 e. The Labute approximate surface area is 197 Å². The van der Waals surface area contributed by atoms with E-state index in [1.165, 1.54) is 23.1 Å². The normalized spacial score (nSPS) is 17.6. The molecule has 0 saturated carbocycles. The Balaban J connectivity index is 1.52. The van der Waals surface area contributed by atoms with E-state index in [-0.39, 0.29) is 29.6 Å². The fraction of sp³-hybridized carbons (Fsp3) is 0.292. The number of nitrogens with zero attached hydrogens (tertiary/aromatic N) is 1. The first-order valence-corrected chi connectivity index (χ1v) is 12.6. The molecule has 4 rings (SSSR count). The number of hydrogen-bond acceptors (Lipinski definition) is 4. The van der Waals surface area contributed by atoms with E-state index in [1.54, 1.807) is 36.4 Å². The maximum absolute atomic E-state index is 14.8. The Morgan fingerprint density at radius 1 is 1.12 bits per heavy atom. The standard InChI is InChI=1S/C24H25ClFN3O3S/c1-3-27-15(2)16-6-9-23(21(26)14-16)29-11-10-22(24(29)30)28-33(31,32)20-8-5-17-12-19(25)7-4-18(17)13-20/h4-9,12-15,22,27-28H,3,10-11H2,1-2H3/t15?,22-/m0/s1. The SMILES string of the molecule is CCNC(C)c1ccc(N2CC[C@H](NS(=O)(=O)c3ccc4cc(Cl)ccc4c3)C2=O)c(F)c1. The lowest BCUT2D eigenvalue weighted by Gasteiger charge is -2.20. The molecule has 3 aromatic rings. The molecule has 0 bridgehead atoms. The van der Waals surface area contributed by atoms with Gasteiger partial charge in [-0.2, -0.15) is 4.72 Å². The van der Waals surface area contributed by atoms with Crippen molar-refractivity contribution >= 4 is 44.0 Å². The van der Waals surface area contributed by atoms with Crippen molar-refractivity contribution < 1.29 is 17.6 Å². The van der Waals surface area contributed by atoms with Gasteiger partial charge in [-0.25, -0.2) is 12.8 Å². The molecule has 1 amide bonds. The second-order valence-corrected chi connectivity index (χ2v) is 10.2. The van der Waals surface area contributed by atoms with Gasteiger partial charge in [-0.15, -0.1) is 0 Å². The van der Waals surface area contributed by atoms with E-state index in [0.29, 0.717) is 5.02 Å². The van der Waals surface area contributed by atoms with Gasteiger partial charge in [0.1, 0.15) is 11.9 Å². The van der Waals surface area contributed by atoms with Crippen LogP contribution in [0.15, 0.2) is 59.5 Å². The zero-order chi connectivity index (χ0) is 23.8.